The van der Waals surface area contributed by atoms with E-state index >= 15 is 0 Å². The van der Waals surface area contributed by atoms with Crippen molar-refractivity contribution in [3.05, 3.63) is 76.6 Å². The number of fused-ring (bicyclic) bond motifs is 2. The van der Waals surface area contributed by atoms with Crippen LogP contribution in [0.3, 0.4) is 0 Å². The van der Waals surface area contributed by atoms with Crippen LogP contribution in [0.15, 0.2) is 60.0 Å². The molecule has 1 N–H and O–H groups in total. The zero-order chi connectivity index (χ0) is 18.8. The Morgan fingerprint density at radius 3 is 2.74 bits per heavy atom. The fourth-order valence-corrected chi connectivity index (χ4v) is 3.56. The number of hydrogen-bond acceptors (Lipinski definition) is 5. The molecule has 0 saturated heterocycles. The lowest BCUT2D eigenvalue weighted by Gasteiger charge is -2.21. The van der Waals surface area contributed by atoms with Crippen molar-refractivity contribution < 1.29 is 0 Å². The Balaban J connectivity index is 1.65. The van der Waals surface area contributed by atoms with Gasteiger partial charge in [0.25, 0.3) is 0 Å². The van der Waals surface area contributed by atoms with E-state index in [-0.39, 0.29) is 0 Å². The number of benzene rings is 2. The maximum atomic E-state index is 5.92. The lowest BCUT2D eigenvalue weighted by Crippen LogP contribution is -2.14. The summed E-state index contributed by atoms with van der Waals surface area (Å²) in [5.41, 5.74) is 7.61. The molecule has 0 saturated carbocycles. The van der Waals surface area contributed by atoms with Crippen LogP contribution in [-0.2, 0) is 6.42 Å². The Labute approximate surface area is 163 Å². The summed E-state index contributed by atoms with van der Waals surface area (Å²) in [5, 5.41) is 5.06. The van der Waals surface area contributed by atoms with Crippen molar-refractivity contribution in [3.8, 4) is 0 Å². The van der Waals surface area contributed by atoms with Crippen LogP contribution in [0.1, 0.15) is 29.5 Å². The molecule has 0 unspecified atom stereocenters. The zero-order valence-corrected chi connectivity index (χ0v) is 16.0. The average Bonchev–Trinajstić information content (AvgIpc) is 2.80. The molecule has 0 bridgehead atoms. The van der Waals surface area contributed by atoms with Gasteiger partial charge in [-0.25, -0.2) is 9.97 Å². The van der Waals surface area contributed by atoms with Crippen molar-refractivity contribution >= 4 is 35.1 Å². The molecule has 1 aromatic heterocycles. The highest BCUT2D eigenvalue weighted by Gasteiger charge is 2.25. The quantitative estimate of drug-likeness (QED) is 0.515. The topological polar surface area (TPSA) is 53.4 Å². The molecule has 136 valence electrons. The fourth-order valence-electron chi connectivity index (χ4n) is 3.43. The van der Waals surface area contributed by atoms with E-state index in [1.54, 1.807) is 12.5 Å². The van der Waals surface area contributed by atoms with E-state index in [2.05, 4.69) is 56.6 Å². The molecule has 0 spiro atoms. The predicted molar refractivity (Wildman–Crippen MR) is 111 cm³/mol. The smallest absolute Gasteiger partial charge is 0.154 e. The molecule has 1 aliphatic rings. The van der Waals surface area contributed by atoms with Crippen molar-refractivity contribution in [2.24, 2.45) is 5.10 Å². The second kappa shape index (κ2) is 7.37. The standard InChI is InChI=1S/C21H20ClN5/c1-14-11-18-20(26-25-12-15-7-9-16(22)10-8-15)23-13-24-21(18)27(2)19-6-4-3-5-17(14)19/h3-10,12-14H,11H2,1-2H3,(H,23,24,26)/b25-12+/t14-/m1/s1. The molecule has 0 fully saturated rings. The van der Waals surface area contributed by atoms with Gasteiger partial charge in [0.1, 0.15) is 12.1 Å². The number of hydrazone groups is 1. The first-order chi connectivity index (χ1) is 13.1. The Hall–Kier alpha value is -2.92. The molecule has 5 nitrogen and oxygen atoms in total. The third kappa shape index (κ3) is 3.51. The number of anilines is 3. The lowest BCUT2D eigenvalue weighted by atomic mass is 9.94. The maximum Gasteiger partial charge on any atom is 0.154 e. The first-order valence-electron chi connectivity index (χ1n) is 8.84. The Kier molecular flexibility index (Phi) is 4.77. The average molecular weight is 378 g/mol. The lowest BCUT2D eigenvalue weighted by molar-refractivity contribution is 0.765. The van der Waals surface area contributed by atoms with Gasteiger partial charge in [0.15, 0.2) is 5.82 Å². The highest BCUT2D eigenvalue weighted by atomic mass is 35.5. The van der Waals surface area contributed by atoms with Crippen LogP contribution in [0.5, 0.6) is 0 Å². The van der Waals surface area contributed by atoms with Crippen molar-refractivity contribution in [2.75, 3.05) is 17.4 Å². The maximum absolute atomic E-state index is 5.92. The number of aromatic nitrogens is 2. The van der Waals surface area contributed by atoms with Gasteiger partial charge in [-0.1, -0.05) is 48.9 Å². The van der Waals surface area contributed by atoms with Gasteiger partial charge < -0.3 is 4.90 Å². The summed E-state index contributed by atoms with van der Waals surface area (Å²) in [5.74, 6) is 2.00. The van der Waals surface area contributed by atoms with Gasteiger partial charge in [-0.2, -0.15) is 5.10 Å². The Morgan fingerprint density at radius 2 is 1.93 bits per heavy atom. The third-order valence-electron chi connectivity index (χ3n) is 4.83. The number of halogens is 1. The molecule has 0 radical (unpaired) electrons. The van der Waals surface area contributed by atoms with E-state index in [0.29, 0.717) is 10.9 Å². The van der Waals surface area contributed by atoms with Crippen LogP contribution in [0.2, 0.25) is 5.02 Å². The van der Waals surface area contributed by atoms with Crippen molar-refractivity contribution in [1.82, 2.24) is 9.97 Å². The highest BCUT2D eigenvalue weighted by Crippen LogP contribution is 2.40. The van der Waals surface area contributed by atoms with Crippen LogP contribution in [0.4, 0.5) is 17.3 Å². The normalized spacial score (nSPS) is 16.0. The van der Waals surface area contributed by atoms with Crippen molar-refractivity contribution in [3.63, 3.8) is 0 Å². The van der Waals surface area contributed by atoms with Gasteiger partial charge in [-0.15, -0.1) is 0 Å². The molecule has 2 aromatic carbocycles. The number of rotatable bonds is 3. The largest absolute Gasteiger partial charge is 0.329 e. The van der Waals surface area contributed by atoms with Gasteiger partial charge in [0, 0.05) is 23.3 Å². The first kappa shape index (κ1) is 17.5. The van der Waals surface area contributed by atoms with E-state index in [1.807, 2.05) is 31.3 Å². The molecule has 0 aliphatic carbocycles. The van der Waals surface area contributed by atoms with Crippen molar-refractivity contribution in [2.45, 2.75) is 19.3 Å². The SMILES string of the molecule is C[C@@H]1Cc2c(N/N=C/c3ccc(Cl)cc3)ncnc2N(C)c2ccccc21. The van der Waals surface area contributed by atoms with E-state index < -0.39 is 0 Å². The number of nitrogens with zero attached hydrogens (tertiary/aromatic N) is 4. The highest BCUT2D eigenvalue weighted by molar-refractivity contribution is 6.30. The van der Waals surface area contributed by atoms with E-state index in [9.17, 15) is 0 Å². The third-order valence-corrected chi connectivity index (χ3v) is 5.09. The summed E-state index contributed by atoms with van der Waals surface area (Å²) in [7, 11) is 2.05. The first-order valence-corrected chi connectivity index (χ1v) is 9.22. The van der Waals surface area contributed by atoms with Gasteiger partial charge in [0.2, 0.25) is 0 Å². The molecule has 0 amide bonds. The summed E-state index contributed by atoms with van der Waals surface area (Å²) in [6.45, 7) is 2.23. The summed E-state index contributed by atoms with van der Waals surface area (Å²) in [6, 6.07) is 16.0. The molecule has 1 aliphatic heterocycles. The molecular weight excluding hydrogens is 358 g/mol. The minimum atomic E-state index is 0.358. The summed E-state index contributed by atoms with van der Waals surface area (Å²) < 4.78 is 0. The molecule has 1 atom stereocenters. The second-order valence-corrected chi connectivity index (χ2v) is 7.11. The Bertz CT molecular complexity index is 984. The monoisotopic (exact) mass is 377 g/mol. The van der Waals surface area contributed by atoms with Gasteiger partial charge in [0.05, 0.1) is 6.21 Å². The zero-order valence-electron chi connectivity index (χ0n) is 15.2. The van der Waals surface area contributed by atoms with Crippen LogP contribution < -0.4 is 10.3 Å². The van der Waals surface area contributed by atoms with E-state index in [4.69, 9.17) is 11.6 Å². The number of para-hydroxylation sites is 1. The summed E-state index contributed by atoms with van der Waals surface area (Å²) in [6.07, 6.45) is 4.17. The van der Waals surface area contributed by atoms with Crippen LogP contribution in [0.25, 0.3) is 0 Å². The number of hydrogen-bond donors (Lipinski definition) is 1. The van der Waals surface area contributed by atoms with Gasteiger partial charge in [-0.05, 0) is 41.7 Å². The minimum absolute atomic E-state index is 0.358. The molecular formula is C21H20ClN5. The summed E-state index contributed by atoms with van der Waals surface area (Å²) >= 11 is 5.92. The molecule has 2 heterocycles. The van der Waals surface area contributed by atoms with Gasteiger partial charge in [-0.3, -0.25) is 5.43 Å². The van der Waals surface area contributed by atoms with Crippen molar-refractivity contribution in [1.29, 1.82) is 0 Å². The van der Waals surface area contributed by atoms with Crippen LogP contribution >= 0.6 is 11.6 Å². The fraction of sp³-hybridized carbons (Fsp3) is 0.190. The van der Waals surface area contributed by atoms with Crippen LogP contribution in [0, 0.1) is 0 Å². The molecule has 27 heavy (non-hydrogen) atoms. The molecule has 4 rings (SSSR count). The summed E-state index contributed by atoms with van der Waals surface area (Å²) in [4.78, 5) is 11.1. The van der Waals surface area contributed by atoms with E-state index in [1.165, 1.54) is 11.3 Å². The number of nitrogens with one attached hydrogen (secondary N) is 1. The molecule has 3 aromatic rings. The van der Waals surface area contributed by atoms with E-state index in [0.717, 1.165) is 29.2 Å². The minimum Gasteiger partial charge on any atom is -0.329 e. The van der Waals surface area contributed by atoms with Crippen LogP contribution in [-0.4, -0.2) is 23.2 Å². The second-order valence-electron chi connectivity index (χ2n) is 6.67. The van der Waals surface area contributed by atoms with Gasteiger partial charge >= 0.3 is 0 Å². The molecule has 6 heteroatoms. The predicted octanol–water partition coefficient (Wildman–Crippen LogP) is 5.00. The Morgan fingerprint density at radius 1 is 1.15 bits per heavy atom.